The van der Waals surface area contributed by atoms with Crippen LogP contribution in [-0.4, -0.2) is 23.4 Å². The predicted molar refractivity (Wildman–Crippen MR) is 49.0 cm³/mol. The molecule has 3 heteroatoms. The number of nitrogens with zero attached hydrogens (tertiary/aromatic N) is 1. The van der Waals surface area contributed by atoms with Gasteiger partial charge in [-0.15, -0.1) is 0 Å². The minimum Gasteiger partial charge on any atom is -0.385 e. The zero-order chi connectivity index (χ0) is 10.1. The molecule has 3 unspecified atom stereocenters. The number of aliphatic hydroxyl groups is 1. The molecule has 0 amide bonds. The highest BCUT2D eigenvalue weighted by Gasteiger charge is 2.53. The number of hydrogen-bond acceptors (Lipinski definition) is 3. The zero-order valence-corrected chi connectivity index (χ0v) is 8.50. The van der Waals surface area contributed by atoms with Crippen molar-refractivity contribution in [1.82, 2.24) is 0 Å². The average molecular weight is 183 g/mol. The van der Waals surface area contributed by atoms with Gasteiger partial charge in [0, 0.05) is 13.0 Å². The maximum Gasteiger partial charge on any atom is 0.111 e. The van der Waals surface area contributed by atoms with E-state index in [1.165, 1.54) is 0 Å². The third kappa shape index (κ3) is 1.34. The second-order valence-corrected chi connectivity index (χ2v) is 3.98. The van der Waals surface area contributed by atoms with Crippen LogP contribution in [0.2, 0.25) is 0 Å². The lowest BCUT2D eigenvalue weighted by Crippen LogP contribution is -2.50. The summed E-state index contributed by atoms with van der Waals surface area (Å²) in [6.45, 7) is 6.11. The SMILES string of the molecule is CCC(C)(C#N)C1(O)CCOC1C. The van der Waals surface area contributed by atoms with Crippen molar-refractivity contribution >= 4 is 0 Å². The van der Waals surface area contributed by atoms with Gasteiger partial charge in [0.05, 0.1) is 17.6 Å². The van der Waals surface area contributed by atoms with Crippen molar-refractivity contribution in [2.24, 2.45) is 5.41 Å². The van der Waals surface area contributed by atoms with E-state index >= 15 is 0 Å². The molecule has 1 aliphatic heterocycles. The van der Waals surface area contributed by atoms with Gasteiger partial charge in [-0.25, -0.2) is 0 Å². The Labute approximate surface area is 79.3 Å². The van der Waals surface area contributed by atoms with E-state index < -0.39 is 11.0 Å². The molecule has 74 valence electrons. The van der Waals surface area contributed by atoms with Gasteiger partial charge in [0.2, 0.25) is 0 Å². The Kier molecular flexibility index (Phi) is 2.65. The van der Waals surface area contributed by atoms with Gasteiger partial charge in [0.1, 0.15) is 5.60 Å². The monoisotopic (exact) mass is 183 g/mol. The summed E-state index contributed by atoms with van der Waals surface area (Å²) in [4.78, 5) is 0. The molecule has 0 radical (unpaired) electrons. The van der Waals surface area contributed by atoms with Gasteiger partial charge in [-0.3, -0.25) is 0 Å². The summed E-state index contributed by atoms with van der Waals surface area (Å²) in [5.74, 6) is 0. The summed E-state index contributed by atoms with van der Waals surface area (Å²) in [6.07, 6.45) is 0.969. The molecule has 1 fully saturated rings. The molecule has 1 saturated heterocycles. The molecule has 3 nitrogen and oxygen atoms in total. The van der Waals surface area contributed by atoms with E-state index in [-0.39, 0.29) is 6.10 Å². The number of rotatable bonds is 2. The van der Waals surface area contributed by atoms with E-state index in [0.29, 0.717) is 19.4 Å². The Bertz CT molecular complexity index is 236. The standard InChI is InChI=1S/C10H17NO2/c1-4-9(3,7-11)10(12)5-6-13-8(10)2/h8,12H,4-6H2,1-3H3. The highest BCUT2D eigenvalue weighted by molar-refractivity contribution is 5.12. The fourth-order valence-corrected chi connectivity index (χ4v) is 1.94. The van der Waals surface area contributed by atoms with Gasteiger partial charge in [0.15, 0.2) is 0 Å². The van der Waals surface area contributed by atoms with Crippen molar-refractivity contribution in [2.75, 3.05) is 6.61 Å². The molecule has 13 heavy (non-hydrogen) atoms. The summed E-state index contributed by atoms with van der Waals surface area (Å²) >= 11 is 0. The molecule has 0 aromatic heterocycles. The van der Waals surface area contributed by atoms with Crippen LogP contribution in [0.4, 0.5) is 0 Å². The van der Waals surface area contributed by atoms with E-state index in [1.54, 1.807) is 6.92 Å². The van der Waals surface area contributed by atoms with Gasteiger partial charge in [-0.1, -0.05) is 6.92 Å². The fourth-order valence-electron chi connectivity index (χ4n) is 1.94. The van der Waals surface area contributed by atoms with Gasteiger partial charge in [-0.2, -0.15) is 5.26 Å². The molecule has 1 aliphatic rings. The third-order valence-electron chi connectivity index (χ3n) is 3.43. The van der Waals surface area contributed by atoms with Crippen LogP contribution in [0.1, 0.15) is 33.6 Å². The topological polar surface area (TPSA) is 53.2 Å². The Balaban J connectivity index is 2.97. The molecule has 0 saturated carbocycles. The first-order valence-electron chi connectivity index (χ1n) is 4.75. The van der Waals surface area contributed by atoms with E-state index in [1.807, 2.05) is 13.8 Å². The van der Waals surface area contributed by atoms with Crippen LogP contribution in [0, 0.1) is 16.7 Å². The molecule has 0 bridgehead atoms. The van der Waals surface area contributed by atoms with E-state index in [9.17, 15) is 5.11 Å². The third-order valence-corrected chi connectivity index (χ3v) is 3.43. The second-order valence-electron chi connectivity index (χ2n) is 3.98. The van der Waals surface area contributed by atoms with E-state index in [4.69, 9.17) is 10.00 Å². The van der Waals surface area contributed by atoms with E-state index in [2.05, 4.69) is 6.07 Å². The Morgan fingerprint density at radius 1 is 1.77 bits per heavy atom. The first-order chi connectivity index (χ1) is 6.00. The number of nitriles is 1. The van der Waals surface area contributed by atoms with Gasteiger partial charge in [0.25, 0.3) is 0 Å². The predicted octanol–water partition coefficient (Wildman–Crippen LogP) is 1.47. The number of hydrogen-bond donors (Lipinski definition) is 1. The van der Waals surface area contributed by atoms with Crippen LogP contribution in [-0.2, 0) is 4.74 Å². The lowest BCUT2D eigenvalue weighted by atomic mass is 9.69. The highest BCUT2D eigenvalue weighted by Crippen LogP contribution is 2.43. The molecule has 0 aromatic carbocycles. The Hall–Kier alpha value is -0.590. The summed E-state index contributed by atoms with van der Waals surface area (Å²) in [5, 5.41) is 19.4. The van der Waals surface area contributed by atoms with Crippen LogP contribution in [0.15, 0.2) is 0 Å². The fraction of sp³-hybridized carbons (Fsp3) is 0.900. The smallest absolute Gasteiger partial charge is 0.111 e. The largest absolute Gasteiger partial charge is 0.385 e. The molecule has 0 spiro atoms. The summed E-state index contributed by atoms with van der Waals surface area (Å²) in [6, 6.07) is 2.21. The molecule has 1 rings (SSSR count). The first kappa shape index (κ1) is 10.5. The van der Waals surface area contributed by atoms with Crippen molar-refractivity contribution in [3.8, 4) is 6.07 Å². The van der Waals surface area contributed by atoms with Crippen LogP contribution in [0.3, 0.4) is 0 Å². The van der Waals surface area contributed by atoms with Crippen LogP contribution < -0.4 is 0 Å². The molecule has 3 atom stereocenters. The van der Waals surface area contributed by atoms with Gasteiger partial charge < -0.3 is 9.84 Å². The minimum absolute atomic E-state index is 0.239. The molecule has 1 N–H and O–H groups in total. The van der Waals surface area contributed by atoms with Crippen molar-refractivity contribution in [2.45, 2.75) is 45.3 Å². The van der Waals surface area contributed by atoms with Gasteiger partial charge in [-0.05, 0) is 20.3 Å². The Morgan fingerprint density at radius 3 is 2.69 bits per heavy atom. The van der Waals surface area contributed by atoms with Crippen molar-refractivity contribution < 1.29 is 9.84 Å². The van der Waals surface area contributed by atoms with E-state index in [0.717, 1.165) is 0 Å². The minimum atomic E-state index is -0.976. The zero-order valence-electron chi connectivity index (χ0n) is 8.50. The molecule has 0 aromatic rings. The van der Waals surface area contributed by atoms with Crippen molar-refractivity contribution in [3.05, 3.63) is 0 Å². The quantitative estimate of drug-likeness (QED) is 0.705. The summed E-state index contributed by atoms with van der Waals surface area (Å²) < 4.78 is 5.32. The molecular weight excluding hydrogens is 166 g/mol. The molecular formula is C10H17NO2. The average Bonchev–Trinajstić information content (AvgIpc) is 2.47. The van der Waals surface area contributed by atoms with Crippen LogP contribution in [0.25, 0.3) is 0 Å². The van der Waals surface area contributed by atoms with Gasteiger partial charge >= 0.3 is 0 Å². The van der Waals surface area contributed by atoms with Crippen molar-refractivity contribution in [3.63, 3.8) is 0 Å². The normalized spacial score (nSPS) is 38.2. The van der Waals surface area contributed by atoms with Crippen LogP contribution >= 0.6 is 0 Å². The van der Waals surface area contributed by atoms with Crippen molar-refractivity contribution in [1.29, 1.82) is 5.26 Å². The molecule has 1 heterocycles. The van der Waals surface area contributed by atoms with Crippen LogP contribution in [0.5, 0.6) is 0 Å². The Morgan fingerprint density at radius 2 is 2.38 bits per heavy atom. The first-order valence-corrected chi connectivity index (χ1v) is 4.75. The molecule has 0 aliphatic carbocycles. The highest BCUT2D eigenvalue weighted by atomic mass is 16.5. The lowest BCUT2D eigenvalue weighted by molar-refractivity contribution is -0.0924. The maximum absolute atomic E-state index is 10.3. The maximum atomic E-state index is 10.3. The number of ether oxygens (including phenoxy) is 1. The lowest BCUT2D eigenvalue weighted by Gasteiger charge is -2.38. The second kappa shape index (κ2) is 3.28. The summed E-state index contributed by atoms with van der Waals surface area (Å²) in [5.41, 5.74) is -1.67. The summed E-state index contributed by atoms with van der Waals surface area (Å²) in [7, 11) is 0.